The first kappa shape index (κ1) is 14.4. The van der Waals surface area contributed by atoms with E-state index in [-0.39, 0.29) is 11.9 Å². The van der Waals surface area contributed by atoms with Gasteiger partial charge in [0.1, 0.15) is 0 Å². The number of halogens is 1. The molecule has 0 bridgehead atoms. The summed E-state index contributed by atoms with van der Waals surface area (Å²) in [6, 6.07) is 7.99. The van der Waals surface area contributed by atoms with Crippen molar-refractivity contribution >= 4 is 27.5 Å². The Morgan fingerprint density at radius 2 is 2.05 bits per heavy atom. The number of hydrogen-bond acceptors (Lipinski definition) is 2. The number of carbonyl (C=O) groups is 1. The Balaban J connectivity index is 2.05. The molecule has 2 atom stereocenters. The second kappa shape index (κ2) is 6.42. The van der Waals surface area contributed by atoms with Crippen molar-refractivity contribution in [3.63, 3.8) is 0 Å². The number of carbonyl (C=O) groups excluding carboxylic acids is 1. The van der Waals surface area contributed by atoms with E-state index in [1.165, 1.54) is 12.8 Å². The van der Waals surface area contributed by atoms with Gasteiger partial charge in [-0.2, -0.15) is 0 Å². The summed E-state index contributed by atoms with van der Waals surface area (Å²) in [4.78, 5) is 14.7. The number of nitrogens with zero attached hydrogens (tertiary/aromatic N) is 1. The lowest BCUT2D eigenvalue weighted by Crippen LogP contribution is -2.42. The highest BCUT2D eigenvalue weighted by Crippen LogP contribution is 2.25. The summed E-state index contributed by atoms with van der Waals surface area (Å²) in [6.45, 7) is 0. The molecule has 1 aliphatic rings. The van der Waals surface area contributed by atoms with Gasteiger partial charge in [-0.3, -0.25) is 4.79 Å². The van der Waals surface area contributed by atoms with Crippen LogP contribution in [0.15, 0.2) is 24.3 Å². The van der Waals surface area contributed by atoms with E-state index in [0.717, 1.165) is 24.1 Å². The van der Waals surface area contributed by atoms with Crippen LogP contribution in [0.25, 0.3) is 0 Å². The first-order valence-electron chi connectivity index (χ1n) is 6.80. The number of nitrogens with one attached hydrogen (secondary N) is 1. The van der Waals surface area contributed by atoms with E-state index in [1.54, 1.807) is 0 Å². The highest BCUT2D eigenvalue weighted by molar-refractivity contribution is 9.09. The standard InChI is InChI=1S/C15H21BrN2O/c1-18(2)12-7-5-6-11(10-12)15(19)17-14-9-4-3-8-13(14)16/h5-7,10,13-14H,3-4,8-9H2,1-2H3,(H,17,19). The number of rotatable bonds is 3. The van der Waals surface area contributed by atoms with Crippen molar-refractivity contribution < 1.29 is 4.79 Å². The molecule has 1 aromatic rings. The molecule has 0 aromatic heterocycles. The molecule has 2 unspecified atom stereocenters. The summed E-state index contributed by atoms with van der Waals surface area (Å²) >= 11 is 3.67. The Morgan fingerprint density at radius 1 is 1.32 bits per heavy atom. The molecule has 2 rings (SSSR count). The van der Waals surface area contributed by atoms with Gasteiger partial charge in [-0.15, -0.1) is 0 Å². The van der Waals surface area contributed by atoms with Crippen LogP contribution in [-0.2, 0) is 0 Å². The monoisotopic (exact) mass is 324 g/mol. The molecule has 0 radical (unpaired) electrons. The van der Waals surface area contributed by atoms with Gasteiger partial charge in [0, 0.05) is 36.2 Å². The number of alkyl halides is 1. The molecule has 1 N–H and O–H groups in total. The molecular weight excluding hydrogens is 304 g/mol. The smallest absolute Gasteiger partial charge is 0.251 e. The predicted molar refractivity (Wildman–Crippen MR) is 83.2 cm³/mol. The minimum absolute atomic E-state index is 0.0278. The van der Waals surface area contributed by atoms with Crippen molar-refractivity contribution in [1.29, 1.82) is 0 Å². The second-order valence-electron chi connectivity index (χ2n) is 5.33. The van der Waals surface area contributed by atoms with E-state index in [0.29, 0.717) is 4.83 Å². The average molecular weight is 325 g/mol. The lowest BCUT2D eigenvalue weighted by atomic mass is 9.95. The normalized spacial score (nSPS) is 22.9. The zero-order valence-corrected chi connectivity index (χ0v) is 13.1. The molecular formula is C15H21BrN2O. The third-order valence-corrected chi connectivity index (χ3v) is 4.72. The zero-order chi connectivity index (χ0) is 13.8. The predicted octanol–water partition coefficient (Wildman–Crippen LogP) is 3.19. The summed E-state index contributed by atoms with van der Waals surface area (Å²) < 4.78 is 0. The van der Waals surface area contributed by atoms with Gasteiger partial charge in [0.05, 0.1) is 0 Å². The topological polar surface area (TPSA) is 32.3 Å². The molecule has 1 saturated carbocycles. The molecule has 1 amide bonds. The number of amides is 1. The van der Waals surface area contributed by atoms with Crippen LogP contribution in [0.4, 0.5) is 5.69 Å². The number of hydrogen-bond donors (Lipinski definition) is 1. The fraction of sp³-hybridized carbons (Fsp3) is 0.533. The Kier molecular flexibility index (Phi) is 4.86. The third kappa shape index (κ3) is 3.72. The highest BCUT2D eigenvalue weighted by Gasteiger charge is 2.24. The van der Waals surface area contributed by atoms with Gasteiger partial charge in [0.15, 0.2) is 0 Å². The second-order valence-corrected chi connectivity index (χ2v) is 6.50. The number of benzene rings is 1. The zero-order valence-electron chi connectivity index (χ0n) is 11.5. The maximum Gasteiger partial charge on any atom is 0.251 e. The molecule has 3 nitrogen and oxygen atoms in total. The Labute approximate surface area is 123 Å². The molecule has 0 heterocycles. The van der Waals surface area contributed by atoms with E-state index in [2.05, 4.69) is 21.2 Å². The van der Waals surface area contributed by atoms with Crippen LogP contribution in [0.3, 0.4) is 0 Å². The summed E-state index contributed by atoms with van der Waals surface area (Å²) in [5.41, 5.74) is 1.78. The Morgan fingerprint density at radius 3 is 2.74 bits per heavy atom. The van der Waals surface area contributed by atoms with Gasteiger partial charge in [-0.1, -0.05) is 34.8 Å². The molecule has 4 heteroatoms. The SMILES string of the molecule is CN(C)c1cccc(C(=O)NC2CCCCC2Br)c1. The lowest BCUT2D eigenvalue weighted by Gasteiger charge is -2.28. The minimum atomic E-state index is 0.0278. The maximum absolute atomic E-state index is 12.3. The quantitative estimate of drug-likeness (QED) is 0.866. The molecule has 0 spiro atoms. The molecule has 19 heavy (non-hydrogen) atoms. The van der Waals surface area contributed by atoms with Gasteiger partial charge in [-0.05, 0) is 31.0 Å². The highest BCUT2D eigenvalue weighted by atomic mass is 79.9. The summed E-state index contributed by atoms with van der Waals surface area (Å²) in [5, 5.41) is 3.15. The first-order valence-corrected chi connectivity index (χ1v) is 7.72. The molecule has 0 saturated heterocycles. The van der Waals surface area contributed by atoms with E-state index in [9.17, 15) is 4.79 Å². The van der Waals surface area contributed by atoms with Crippen molar-refractivity contribution in [2.45, 2.75) is 36.6 Å². The van der Waals surface area contributed by atoms with Gasteiger partial charge in [0.2, 0.25) is 0 Å². The fourth-order valence-corrected chi connectivity index (χ4v) is 3.15. The van der Waals surface area contributed by atoms with Crippen LogP contribution in [0.1, 0.15) is 36.0 Å². The van der Waals surface area contributed by atoms with Crippen molar-refractivity contribution in [2.75, 3.05) is 19.0 Å². The fourth-order valence-electron chi connectivity index (χ4n) is 2.43. The van der Waals surface area contributed by atoms with E-state index in [4.69, 9.17) is 0 Å². The summed E-state index contributed by atoms with van der Waals surface area (Å²) in [7, 11) is 3.96. The van der Waals surface area contributed by atoms with Crippen molar-refractivity contribution in [1.82, 2.24) is 5.32 Å². The third-order valence-electron chi connectivity index (χ3n) is 3.62. The summed E-state index contributed by atoms with van der Waals surface area (Å²) in [6.07, 6.45) is 4.65. The van der Waals surface area contributed by atoms with E-state index in [1.807, 2.05) is 43.3 Å². The molecule has 1 aliphatic carbocycles. The van der Waals surface area contributed by atoms with Gasteiger partial charge >= 0.3 is 0 Å². The van der Waals surface area contributed by atoms with E-state index >= 15 is 0 Å². The van der Waals surface area contributed by atoms with Gasteiger partial charge < -0.3 is 10.2 Å². The summed E-state index contributed by atoms with van der Waals surface area (Å²) in [5.74, 6) is 0.0278. The van der Waals surface area contributed by atoms with Crippen LogP contribution in [-0.4, -0.2) is 30.9 Å². The molecule has 104 valence electrons. The van der Waals surface area contributed by atoms with E-state index < -0.39 is 0 Å². The van der Waals surface area contributed by atoms with Crippen molar-refractivity contribution in [3.05, 3.63) is 29.8 Å². The molecule has 0 aliphatic heterocycles. The minimum Gasteiger partial charge on any atom is -0.378 e. The van der Waals surface area contributed by atoms with Gasteiger partial charge in [0.25, 0.3) is 5.91 Å². The maximum atomic E-state index is 12.3. The Hall–Kier alpha value is -1.03. The lowest BCUT2D eigenvalue weighted by molar-refractivity contribution is 0.0930. The van der Waals surface area contributed by atoms with Crippen LogP contribution in [0, 0.1) is 0 Å². The van der Waals surface area contributed by atoms with Crippen LogP contribution >= 0.6 is 15.9 Å². The molecule has 1 aromatic carbocycles. The largest absolute Gasteiger partial charge is 0.378 e. The van der Waals surface area contributed by atoms with Crippen LogP contribution in [0.2, 0.25) is 0 Å². The van der Waals surface area contributed by atoms with Crippen LogP contribution < -0.4 is 10.2 Å². The average Bonchev–Trinajstić information content (AvgIpc) is 2.41. The van der Waals surface area contributed by atoms with Crippen molar-refractivity contribution in [2.24, 2.45) is 0 Å². The van der Waals surface area contributed by atoms with Crippen molar-refractivity contribution in [3.8, 4) is 0 Å². The van der Waals surface area contributed by atoms with Crippen LogP contribution in [0.5, 0.6) is 0 Å². The molecule has 1 fully saturated rings. The first-order chi connectivity index (χ1) is 9.08. The Bertz CT molecular complexity index is 448. The number of anilines is 1. The van der Waals surface area contributed by atoms with Gasteiger partial charge in [-0.25, -0.2) is 0 Å².